The van der Waals surface area contributed by atoms with E-state index in [0.717, 1.165) is 16.7 Å². The third-order valence-electron chi connectivity index (χ3n) is 3.31. The first-order chi connectivity index (χ1) is 10.0. The van der Waals surface area contributed by atoms with Gasteiger partial charge in [-0.05, 0) is 54.3 Å². The predicted molar refractivity (Wildman–Crippen MR) is 82.2 cm³/mol. The Labute approximate surface area is 125 Å². The maximum Gasteiger partial charge on any atom is 0.240 e. The zero-order chi connectivity index (χ0) is 15.3. The van der Waals surface area contributed by atoms with Gasteiger partial charge in [-0.25, -0.2) is 13.1 Å². The van der Waals surface area contributed by atoms with Crippen molar-refractivity contribution in [3.05, 3.63) is 59.4 Å². The molecule has 0 aliphatic rings. The third-order valence-corrected chi connectivity index (χ3v) is 4.76. The van der Waals surface area contributed by atoms with Crippen molar-refractivity contribution < 1.29 is 8.42 Å². The number of pyridine rings is 1. The van der Waals surface area contributed by atoms with Crippen molar-refractivity contribution in [3.63, 3.8) is 0 Å². The topological polar surface area (TPSA) is 85.1 Å². The molecule has 21 heavy (non-hydrogen) atoms. The molecule has 3 N–H and O–H groups in total. The molecule has 0 spiro atoms. The van der Waals surface area contributed by atoms with E-state index >= 15 is 0 Å². The molecule has 1 heterocycles. The van der Waals surface area contributed by atoms with Crippen LogP contribution < -0.4 is 10.5 Å². The molecule has 0 atom stereocenters. The first kappa shape index (κ1) is 15.6. The quantitative estimate of drug-likeness (QED) is 0.844. The van der Waals surface area contributed by atoms with Gasteiger partial charge >= 0.3 is 0 Å². The van der Waals surface area contributed by atoms with E-state index in [9.17, 15) is 8.42 Å². The van der Waals surface area contributed by atoms with Crippen molar-refractivity contribution in [2.24, 2.45) is 5.73 Å². The van der Waals surface area contributed by atoms with Crippen molar-refractivity contribution in [3.8, 4) is 0 Å². The van der Waals surface area contributed by atoms with Crippen LogP contribution in [0.25, 0.3) is 0 Å². The van der Waals surface area contributed by atoms with Crippen molar-refractivity contribution in [1.82, 2.24) is 9.71 Å². The highest BCUT2D eigenvalue weighted by molar-refractivity contribution is 7.89. The summed E-state index contributed by atoms with van der Waals surface area (Å²) in [5.41, 5.74) is 8.49. The lowest BCUT2D eigenvalue weighted by atomic mass is 10.1. The summed E-state index contributed by atoms with van der Waals surface area (Å²) < 4.78 is 27.1. The molecule has 0 bridgehead atoms. The van der Waals surface area contributed by atoms with E-state index in [-0.39, 0.29) is 4.90 Å². The number of sulfonamides is 1. The van der Waals surface area contributed by atoms with Crippen LogP contribution in [0, 0.1) is 6.92 Å². The maximum absolute atomic E-state index is 12.2. The monoisotopic (exact) mass is 305 g/mol. The number of aryl methyl sites for hydroxylation is 1. The van der Waals surface area contributed by atoms with Gasteiger partial charge in [-0.1, -0.05) is 6.07 Å². The number of aromatic nitrogens is 1. The number of hydrogen-bond donors (Lipinski definition) is 2. The molecule has 0 radical (unpaired) electrons. The number of nitrogens with one attached hydrogen (secondary N) is 1. The third kappa shape index (κ3) is 4.10. The van der Waals surface area contributed by atoms with Crippen LogP contribution >= 0.6 is 0 Å². The summed E-state index contributed by atoms with van der Waals surface area (Å²) in [4.78, 5) is 4.18. The summed E-state index contributed by atoms with van der Waals surface area (Å²) >= 11 is 0. The van der Waals surface area contributed by atoms with Crippen molar-refractivity contribution in [1.29, 1.82) is 0 Å². The molecule has 2 aromatic rings. The van der Waals surface area contributed by atoms with Crippen LogP contribution in [0.3, 0.4) is 0 Å². The van der Waals surface area contributed by atoms with Crippen molar-refractivity contribution in [2.45, 2.75) is 24.8 Å². The highest BCUT2D eigenvalue weighted by atomic mass is 32.2. The SMILES string of the molecule is Cc1ccc(S(=O)(=O)NCCc2ccncc2)cc1CN. The molecule has 112 valence electrons. The Morgan fingerprint density at radius 2 is 1.90 bits per heavy atom. The summed E-state index contributed by atoms with van der Waals surface area (Å²) in [6, 6.07) is 8.74. The van der Waals surface area contributed by atoms with E-state index < -0.39 is 10.0 Å². The minimum atomic E-state index is -3.50. The zero-order valence-corrected chi connectivity index (χ0v) is 12.7. The second kappa shape index (κ2) is 6.80. The van der Waals surface area contributed by atoms with Crippen LogP contribution in [0.4, 0.5) is 0 Å². The normalized spacial score (nSPS) is 11.5. The van der Waals surface area contributed by atoms with Crippen LogP contribution in [0.5, 0.6) is 0 Å². The van der Waals surface area contributed by atoms with Crippen LogP contribution in [0.1, 0.15) is 16.7 Å². The zero-order valence-electron chi connectivity index (χ0n) is 11.9. The number of rotatable bonds is 6. The summed E-state index contributed by atoms with van der Waals surface area (Å²) in [5, 5.41) is 0. The Hall–Kier alpha value is -1.76. The minimum Gasteiger partial charge on any atom is -0.326 e. The Balaban J connectivity index is 2.05. The highest BCUT2D eigenvalue weighted by Crippen LogP contribution is 2.15. The fourth-order valence-electron chi connectivity index (χ4n) is 2.00. The molecule has 6 heteroatoms. The standard InChI is InChI=1S/C15H19N3O2S/c1-12-2-3-15(10-14(12)11-16)21(19,20)18-9-6-13-4-7-17-8-5-13/h2-5,7-8,10,18H,6,9,11,16H2,1H3. The van der Waals surface area contributed by atoms with Gasteiger partial charge in [-0.2, -0.15) is 0 Å². The number of hydrogen-bond acceptors (Lipinski definition) is 4. The Kier molecular flexibility index (Phi) is 5.06. The van der Waals surface area contributed by atoms with Gasteiger partial charge in [-0.3, -0.25) is 4.98 Å². The molecule has 0 aliphatic carbocycles. The van der Waals surface area contributed by atoms with Crippen molar-refractivity contribution in [2.75, 3.05) is 6.54 Å². The fraction of sp³-hybridized carbons (Fsp3) is 0.267. The van der Waals surface area contributed by atoms with Crippen LogP contribution in [-0.2, 0) is 23.0 Å². The highest BCUT2D eigenvalue weighted by Gasteiger charge is 2.14. The Morgan fingerprint density at radius 3 is 2.57 bits per heavy atom. The van der Waals surface area contributed by atoms with Gasteiger partial charge in [0, 0.05) is 25.5 Å². The molecule has 0 saturated heterocycles. The van der Waals surface area contributed by atoms with Gasteiger partial charge in [0.25, 0.3) is 0 Å². The van der Waals surface area contributed by atoms with E-state index in [1.54, 1.807) is 30.6 Å². The molecule has 2 rings (SSSR count). The molecular formula is C15H19N3O2S. The van der Waals surface area contributed by atoms with Gasteiger partial charge in [0.1, 0.15) is 0 Å². The molecular weight excluding hydrogens is 286 g/mol. The summed E-state index contributed by atoms with van der Waals surface area (Å²) in [6.45, 7) is 2.58. The van der Waals surface area contributed by atoms with Crippen LogP contribution in [0.2, 0.25) is 0 Å². The van der Waals surface area contributed by atoms with E-state index in [4.69, 9.17) is 5.73 Å². The van der Waals surface area contributed by atoms with Crippen molar-refractivity contribution >= 4 is 10.0 Å². The van der Waals surface area contributed by atoms with Gasteiger partial charge in [0.15, 0.2) is 0 Å². The van der Waals surface area contributed by atoms with Crippen LogP contribution in [0.15, 0.2) is 47.6 Å². The van der Waals surface area contributed by atoms with E-state index in [1.165, 1.54) is 0 Å². The lowest BCUT2D eigenvalue weighted by Gasteiger charge is -2.09. The lowest BCUT2D eigenvalue weighted by Crippen LogP contribution is -2.26. The van der Waals surface area contributed by atoms with Gasteiger partial charge in [-0.15, -0.1) is 0 Å². The minimum absolute atomic E-state index is 0.253. The molecule has 0 aliphatic heterocycles. The average Bonchev–Trinajstić information content (AvgIpc) is 2.48. The first-order valence-electron chi connectivity index (χ1n) is 6.71. The molecule has 0 unspecified atom stereocenters. The van der Waals surface area contributed by atoms with Crippen LogP contribution in [-0.4, -0.2) is 19.9 Å². The maximum atomic E-state index is 12.2. The Bertz CT molecular complexity index is 700. The number of nitrogens with two attached hydrogens (primary N) is 1. The Morgan fingerprint density at radius 1 is 1.19 bits per heavy atom. The molecule has 0 saturated carbocycles. The van der Waals surface area contributed by atoms with Gasteiger partial charge in [0.2, 0.25) is 10.0 Å². The van der Waals surface area contributed by atoms with Gasteiger partial charge < -0.3 is 5.73 Å². The fourth-order valence-corrected chi connectivity index (χ4v) is 3.08. The largest absolute Gasteiger partial charge is 0.326 e. The van der Waals surface area contributed by atoms with Gasteiger partial charge in [0.05, 0.1) is 4.90 Å². The number of benzene rings is 1. The molecule has 1 aromatic carbocycles. The molecule has 5 nitrogen and oxygen atoms in total. The summed E-state index contributed by atoms with van der Waals surface area (Å²) in [5.74, 6) is 0. The average molecular weight is 305 g/mol. The predicted octanol–water partition coefficient (Wildman–Crippen LogP) is 1.37. The van der Waals surface area contributed by atoms with E-state index in [0.29, 0.717) is 19.5 Å². The molecule has 0 fully saturated rings. The number of nitrogens with zero attached hydrogens (tertiary/aromatic N) is 1. The molecule has 0 amide bonds. The lowest BCUT2D eigenvalue weighted by molar-refractivity contribution is 0.581. The second-order valence-corrected chi connectivity index (χ2v) is 6.56. The summed E-state index contributed by atoms with van der Waals surface area (Å²) in [7, 11) is -3.50. The smallest absolute Gasteiger partial charge is 0.240 e. The second-order valence-electron chi connectivity index (χ2n) is 4.80. The first-order valence-corrected chi connectivity index (χ1v) is 8.19. The van der Waals surface area contributed by atoms with E-state index in [2.05, 4.69) is 9.71 Å². The van der Waals surface area contributed by atoms with E-state index in [1.807, 2.05) is 19.1 Å². The summed E-state index contributed by atoms with van der Waals surface area (Å²) in [6.07, 6.45) is 4.01. The molecule has 1 aromatic heterocycles.